The van der Waals surface area contributed by atoms with Crippen LogP contribution in [0.2, 0.25) is 0 Å². The number of amides is 1. The molecule has 1 aromatic carbocycles. The summed E-state index contributed by atoms with van der Waals surface area (Å²) in [6.45, 7) is 4.30. The molecule has 0 saturated carbocycles. The van der Waals surface area contributed by atoms with Crippen molar-refractivity contribution in [3.8, 4) is 0 Å². The number of nitrogens with zero attached hydrogens (tertiary/aromatic N) is 1. The third-order valence-electron chi connectivity index (χ3n) is 3.52. The van der Waals surface area contributed by atoms with Crippen LogP contribution in [-0.2, 0) is 11.3 Å². The van der Waals surface area contributed by atoms with Crippen LogP contribution in [0.5, 0.6) is 0 Å². The van der Waals surface area contributed by atoms with Gasteiger partial charge in [0.25, 0.3) is 0 Å². The monoisotopic (exact) mass is 261 g/mol. The van der Waals surface area contributed by atoms with Crippen LogP contribution in [0.25, 0.3) is 0 Å². The van der Waals surface area contributed by atoms with Gasteiger partial charge in [0.05, 0.1) is 5.92 Å². The largest absolute Gasteiger partial charge is 0.355 e. The molecule has 1 aliphatic heterocycles. The Morgan fingerprint density at radius 3 is 2.89 bits per heavy atom. The third kappa shape index (κ3) is 4.65. The van der Waals surface area contributed by atoms with E-state index in [1.165, 1.54) is 5.56 Å². The van der Waals surface area contributed by atoms with Crippen molar-refractivity contribution in [1.29, 1.82) is 0 Å². The normalized spacial score (nSPS) is 18.7. The molecule has 1 aliphatic rings. The van der Waals surface area contributed by atoms with Gasteiger partial charge in [0.15, 0.2) is 0 Å². The molecule has 4 heteroatoms. The molecule has 1 amide bonds. The molecule has 0 aromatic heterocycles. The van der Waals surface area contributed by atoms with Gasteiger partial charge in [0.1, 0.15) is 0 Å². The first-order valence-corrected chi connectivity index (χ1v) is 6.96. The van der Waals surface area contributed by atoms with E-state index in [9.17, 15) is 4.79 Å². The Hall–Kier alpha value is -1.39. The van der Waals surface area contributed by atoms with Crippen LogP contribution >= 0.6 is 0 Å². The molecular formula is C15H23N3O. The van der Waals surface area contributed by atoms with Crippen molar-refractivity contribution < 1.29 is 4.79 Å². The van der Waals surface area contributed by atoms with Gasteiger partial charge in [-0.25, -0.2) is 0 Å². The fourth-order valence-electron chi connectivity index (χ4n) is 2.37. The van der Waals surface area contributed by atoms with Crippen LogP contribution in [0.3, 0.4) is 0 Å². The number of rotatable bonds is 6. The minimum Gasteiger partial charge on any atom is -0.355 e. The van der Waals surface area contributed by atoms with Gasteiger partial charge in [-0.15, -0.1) is 0 Å². The lowest BCUT2D eigenvalue weighted by Gasteiger charge is -2.17. The van der Waals surface area contributed by atoms with Gasteiger partial charge in [-0.1, -0.05) is 30.3 Å². The number of carbonyl (C=O) groups is 1. The summed E-state index contributed by atoms with van der Waals surface area (Å²) in [5.74, 6) is 0.359. The molecular weight excluding hydrogens is 238 g/mol. The highest BCUT2D eigenvalue weighted by atomic mass is 16.1. The summed E-state index contributed by atoms with van der Waals surface area (Å²) in [4.78, 5) is 14.0. The Morgan fingerprint density at radius 2 is 2.21 bits per heavy atom. The summed E-state index contributed by atoms with van der Waals surface area (Å²) in [5.41, 5.74) is 1.30. The van der Waals surface area contributed by atoms with E-state index >= 15 is 0 Å². The maximum atomic E-state index is 11.8. The molecule has 1 heterocycles. The van der Waals surface area contributed by atoms with E-state index < -0.39 is 0 Å². The summed E-state index contributed by atoms with van der Waals surface area (Å²) < 4.78 is 0. The molecule has 0 radical (unpaired) electrons. The van der Waals surface area contributed by atoms with Crippen LogP contribution in [-0.4, -0.2) is 44.0 Å². The number of nitrogens with one attached hydrogen (secondary N) is 2. The lowest BCUT2D eigenvalue weighted by molar-refractivity contribution is -0.124. The van der Waals surface area contributed by atoms with Crippen LogP contribution < -0.4 is 10.6 Å². The van der Waals surface area contributed by atoms with Gasteiger partial charge in [-0.05, 0) is 25.6 Å². The maximum Gasteiger partial charge on any atom is 0.224 e. The van der Waals surface area contributed by atoms with E-state index in [-0.39, 0.29) is 11.8 Å². The fourth-order valence-corrected chi connectivity index (χ4v) is 2.37. The molecule has 0 bridgehead atoms. The molecule has 1 fully saturated rings. The number of hydrogen-bond donors (Lipinski definition) is 2. The molecule has 2 rings (SSSR count). The molecule has 0 aliphatic carbocycles. The summed E-state index contributed by atoms with van der Waals surface area (Å²) >= 11 is 0. The zero-order valence-electron chi connectivity index (χ0n) is 11.6. The molecule has 1 atom stereocenters. The zero-order valence-corrected chi connectivity index (χ0v) is 11.6. The smallest absolute Gasteiger partial charge is 0.224 e. The van der Waals surface area contributed by atoms with Gasteiger partial charge < -0.3 is 15.5 Å². The van der Waals surface area contributed by atoms with E-state index in [0.29, 0.717) is 0 Å². The predicted molar refractivity (Wildman–Crippen MR) is 76.8 cm³/mol. The number of benzene rings is 1. The van der Waals surface area contributed by atoms with E-state index in [1.54, 1.807) is 0 Å². The lowest BCUT2D eigenvalue weighted by Crippen LogP contribution is -2.37. The quantitative estimate of drug-likeness (QED) is 0.798. The van der Waals surface area contributed by atoms with Crippen molar-refractivity contribution in [3.63, 3.8) is 0 Å². The Labute approximate surface area is 115 Å². The van der Waals surface area contributed by atoms with E-state index in [0.717, 1.165) is 39.1 Å². The van der Waals surface area contributed by atoms with Crippen LogP contribution in [0.15, 0.2) is 30.3 Å². The minimum absolute atomic E-state index is 0.166. The highest BCUT2D eigenvalue weighted by Gasteiger charge is 2.21. The van der Waals surface area contributed by atoms with E-state index in [4.69, 9.17) is 0 Å². The number of hydrogen-bond acceptors (Lipinski definition) is 3. The molecule has 19 heavy (non-hydrogen) atoms. The van der Waals surface area contributed by atoms with Gasteiger partial charge >= 0.3 is 0 Å². The van der Waals surface area contributed by atoms with Crippen molar-refractivity contribution >= 4 is 5.91 Å². The summed E-state index contributed by atoms with van der Waals surface area (Å²) in [6, 6.07) is 10.4. The van der Waals surface area contributed by atoms with Gasteiger partial charge in [0, 0.05) is 26.2 Å². The second-order valence-corrected chi connectivity index (χ2v) is 5.20. The summed E-state index contributed by atoms with van der Waals surface area (Å²) in [5, 5.41) is 6.23. The van der Waals surface area contributed by atoms with Crippen molar-refractivity contribution in [2.45, 2.75) is 13.0 Å². The molecule has 104 valence electrons. The predicted octanol–water partition coefficient (Wildman–Crippen LogP) is 0.844. The van der Waals surface area contributed by atoms with Gasteiger partial charge in [-0.2, -0.15) is 0 Å². The van der Waals surface area contributed by atoms with Gasteiger partial charge in [0.2, 0.25) is 5.91 Å². The minimum atomic E-state index is 0.166. The Bertz CT molecular complexity index is 388. The average Bonchev–Trinajstić information content (AvgIpc) is 2.93. The van der Waals surface area contributed by atoms with Crippen LogP contribution in [0.4, 0.5) is 0 Å². The second-order valence-electron chi connectivity index (χ2n) is 5.20. The summed E-state index contributed by atoms with van der Waals surface area (Å²) in [6.07, 6.45) is 0.964. The number of carbonyl (C=O) groups excluding carboxylic acids is 1. The first-order valence-electron chi connectivity index (χ1n) is 6.96. The average molecular weight is 261 g/mol. The Morgan fingerprint density at radius 1 is 1.42 bits per heavy atom. The van der Waals surface area contributed by atoms with Crippen molar-refractivity contribution in [2.75, 3.05) is 33.2 Å². The molecule has 1 saturated heterocycles. The van der Waals surface area contributed by atoms with Crippen molar-refractivity contribution in [3.05, 3.63) is 35.9 Å². The zero-order chi connectivity index (χ0) is 13.5. The first kappa shape index (κ1) is 14.0. The lowest BCUT2D eigenvalue weighted by atomic mass is 10.1. The maximum absolute atomic E-state index is 11.8. The molecule has 0 spiro atoms. The van der Waals surface area contributed by atoms with E-state index in [1.807, 2.05) is 6.07 Å². The van der Waals surface area contributed by atoms with E-state index in [2.05, 4.69) is 46.8 Å². The standard InChI is InChI=1S/C15H23N3O/c1-18(12-13-5-3-2-4-6-13)10-9-17-15(19)14-7-8-16-11-14/h2-6,14,16H,7-12H2,1H3,(H,17,19). The van der Waals surface area contributed by atoms with Gasteiger partial charge in [-0.3, -0.25) is 4.79 Å². The van der Waals surface area contributed by atoms with Crippen molar-refractivity contribution in [1.82, 2.24) is 15.5 Å². The SMILES string of the molecule is CN(CCNC(=O)C1CCNC1)Cc1ccccc1. The molecule has 1 unspecified atom stereocenters. The molecule has 2 N–H and O–H groups in total. The van der Waals surface area contributed by atoms with Crippen molar-refractivity contribution in [2.24, 2.45) is 5.92 Å². The fraction of sp³-hybridized carbons (Fsp3) is 0.533. The Balaban J connectivity index is 1.63. The first-order chi connectivity index (χ1) is 9.25. The molecule has 4 nitrogen and oxygen atoms in total. The highest BCUT2D eigenvalue weighted by Crippen LogP contribution is 2.06. The Kier molecular flexibility index (Phi) is 5.36. The van der Waals surface area contributed by atoms with Crippen LogP contribution in [0.1, 0.15) is 12.0 Å². The third-order valence-corrected chi connectivity index (χ3v) is 3.52. The second kappa shape index (κ2) is 7.26. The number of likely N-dealkylation sites (N-methyl/N-ethyl adjacent to an activating group) is 1. The highest BCUT2D eigenvalue weighted by molar-refractivity contribution is 5.79. The summed E-state index contributed by atoms with van der Waals surface area (Å²) in [7, 11) is 2.08. The molecule has 1 aromatic rings. The van der Waals surface area contributed by atoms with Crippen LogP contribution in [0, 0.1) is 5.92 Å². The topological polar surface area (TPSA) is 44.4 Å².